The first-order chi connectivity index (χ1) is 16.3. The Kier molecular flexibility index (Phi) is 6.43. The summed E-state index contributed by atoms with van der Waals surface area (Å²) in [5, 5.41) is 21.1. The Morgan fingerprint density at radius 1 is 1.12 bits per heavy atom. The lowest BCUT2D eigenvalue weighted by Gasteiger charge is -2.35. The lowest BCUT2D eigenvalue weighted by atomic mass is 10.0. The molecular weight excluding hydrogens is 436 g/mol. The number of aromatic hydroxyl groups is 1. The molecule has 0 aliphatic carbocycles. The minimum atomic E-state index is -1.26. The fraction of sp³-hybridized carbons (Fsp3) is 0.231. The van der Waals surface area contributed by atoms with Crippen LogP contribution in [0, 0.1) is 13.8 Å². The molecule has 0 spiro atoms. The van der Waals surface area contributed by atoms with E-state index in [1.807, 2.05) is 31.3 Å². The van der Waals surface area contributed by atoms with Gasteiger partial charge in [-0.1, -0.05) is 30.3 Å². The summed E-state index contributed by atoms with van der Waals surface area (Å²) >= 11 is 0. The van der Waals surface area contributed by atoms with Gasteiger partial charge < -0.3 is 19.8 Å². The van der Waals surface area contributed by atoms with Crippen molar-refractivity contribution >= 4 is 23.3 Å². The highest BCUT2D eigenvalue weighted by Gasteiger charge is 2.29. The van der Waals surface area contributed by atoms with Gasteiger partial charge in [-0.25, -0.2) is 4.79 Å². The van der Waals surface area contributed by atoms with Crippen molar-refractivity contribution in [2.24, 2.45) is 0 Å². The van der Waals surface area contributed by atoms with Gasteiger partial charge in [0.15, 0.2) is 0 Å². The topological polar surface area (TPSA) is 99.5 Å². The highest BCUT2D eigenvalue weighted by atomic mass is 16.7. The quantitative estimate of drug-likeness (QED) is 0.530. The van der Waals surface area contributed by atoms with E-state index in [1.165, 1.54) is 6.07 Å². The van der Waals surface area contributed by atoms with E-state index in [0.29, 0.717) is 23.4 Å². The number of fused-ring (bicyclic) bond motifs is 1. The number of hydrogen-bond acceptors (Lipinski definition) is 6. The van der Waals surface area contributed by atoms with Crippen LogP contribution in [-0.2, 0) is 4.84 Å². The maximum Gasteiger partial charge on any atom is 0.339 e. The summed E-state index contributed by atoms with van der Waals surface area (Å²) in [6.45, 7) is 3.83. The molecule has 1 atom stereocenters. The number of nitrogens with zero attached hydrogens (tertiary/aromatic N) is 2. The second-order valence-electron chi connectivity index (χ2n) is 8.22. The molecule has 0 unspecified atom stereocenters. The number of para-hydroxylation sites is 2. The van der Waals surface area contributed by atoms with Crippen LogP contribution in [0.15, 0.2) is 60.7 Å². The molecule has 0 saturated heterocycles. The summed E-state index contributed by atoms with van der Waals surface area (Å²) in [4.78, 5) is 33.1. The molecule has 0 bridgehead atoms. The van der Waals surface area contributed by atoms with Crippen LogP contribution >= 0.6 is 0 Å². The van der Waals surface area contributed by atoms with E-state index >= 15 is 0 Å². The third kappa shape index (κ3) is 4.40. The maximum absolute atomic E-state index is 13.5. The molecule has 0 saturated carbocycles. The molecule has 4 rings (SSSR count). The Bertz CT molecular complexity index is 1230. The van der Waals surface area contributed by atoms with Crippen molar-refractivity contribution in [2.75, 3.05) is 30.2 Å². The molecule has 1 amide bonds. The second-order valence-corrected chi connectivity index (χ2v) is 8.22. The zero-order valence-electron chi connectivity index (χ0n) is 19.2. The largest absolute Gasteiger partial charge is 0.507 e. The van der Waals surface area contributed by atoms with Crippen LogP contribution in [0.3, 0.4) is 0 Å². The van der Waals surface area contributed by atoms with Gasteiger partial charge in [-0.15, -0.1) is 0 Å². The number of carboxylic acid groups (broad SMARTS) is 1. The van der Waals surface area contributed by atoms with Crippen molar-refractivity contribution in [1.29, 1.82) is 0 Å². The third-order valence-electron chi connectivity index (χ3n) is 5.78. The first-order valence-electron chi connectivity index (χ1n) is 10.8. The monoisotopic (exact) mass is 462 g/mol. The molecule has 8 heteroatoms. The van der Waals surface area contributed by atoms with Gasteiger partial charge in [0.1, 0.15) is 29.8 Å². The van der Waals surface area contributed by atoms with E-state index in [9.17, 15) is 19.8 Å². The molecule has 176 valence electrons. The third-order valence-corrected chi connectivity index (χ3v) is 5.78. The predicted molar refractivity (Wildman–Crippen MR) is 128 cm³/mol. The van der Waals surface area contributed by atoms with Gasteiger partial charge in [0, 0.05) is 18.2 Å². The lowest BCUT2D eigenvalue weighted by molar-refractivity contribution is 0.0302. The molecule has 0 aromatic heterocycles. The van der Waals surface area contributed by atoms with Gasteiger partial charge in [0.05, 0.1) is 17.9 Å². The summed E-state index contributed by atoms with van der Waals surface area (Å²) in [7, 11) is 1.96. The minimum absolute atomic E-state index is 0.0531. The fourth-order valence-electron chi connectivity index (χ4n) is 4.10. The summed E-state index contributed by atoms with van der Waals surface area (Å²) in [5.41, 5.74) is 2.12. The van der Waals surface area contributed by atoms with Crippen molar-refractivity contribution in [3.05, 3.63) is 82.9 Å². The average molecular weight is 463 g/mol. The molecule has 1 heterocycles. The normalized spacial score (nSPS) is 14.8. The van der Waals surface area contributed by atoms with Gasteiger partial charge in [-0.3, -0.25) is 9.63 Å². The maximum atomic E-state index is 13.5. The molecular formula is C26H26N2O6. The standard InChI is InChI=1S/C26H26N2O6/c1-16-13-20(26(31)32)24(29)17(2)23(16)28(25(30)18-9-5-4-6-10-18)33-15-19-14-27(3)21-11-7-8-12-22(21)34-19/h4-13,19,29H,14-15H2,1-3H3,(H,31,32)/t19-/m0/s1. The number of ether oxygens (including phenoxy) is 1. The lowest BCUT2D eigenvalue weighted by Crippen LogP contribution is -2.43. The molecule has 34 heavy (non-hydrogen) atoms. The van der Waals surface area contributed by atoms with Gasteiger partial charge in [-0.05, 0) is 49.7 Å². The zero-order chi connectivity index (χ0) is 24.4. The molecule has 0 fully saturated rings. The Hall–Kier alpha value is -4.04. The average Bonchev–Trinajstić information content (AvgIpc) is 2.83. The fourth-order valence-corrected chi connectivity index (χ4v) is 4.10. The Balaban J connectivity index is 1.67. The number of amides is 1. The minimum Gasteiger partial charge on any atom is -0.507 e. The summed E-state index contributed by atoms with van der Waals surface area (Å²) in [6, 6.07) is 17.6. The molecule has 3 aromatic carbocycles. The van der Waals surface area contributed by atoms with E-state index in [1.54, 1.807) is 44.2 Å². The number of hydrogen-bond donors (Lipinski definition) is 2. The number of aromatic carboxylic acids is 1. The van der Waals surface area contributed by atoms with Crippen LogP contribution in [0.1, 0.15) is 31.8 Å². The number of carbonyl (C=O) groups is 2. The van der Waals surface area contributed by atoms with E-state index in [0.717, 1.165) is 16.5 Å². The first-order valence-corrected chi connectivity index (χ1v) is 10.8. The first kappa shape index (κ1) is 23.1. The highest BCUT2D eigenvalue weighted by Crippen LogP contribution is 2.36. The number of rotatable bonds is 6. The van der Waals surface area contributed by atoms with Crippen LogP contribution < -0.4 is 14.7 Å². The number of anilines is 2. The van der Waals surface area contributed by atoms with Gasteiger partial charge in [0.25, 0.3) is 5.91 Å². The Labute approximate surface area is 197 Å². The van der Waals surface area contributed by atoms with Crippen LogP contribution in [0.25, 0.3) is 0 Å². The number of benzene rings is 3. The number of aryl methyl sites for hydroxylation is 1. The van der Waals surface area contributed by atoms with E-state index in [2.05, 4.69) is 4.90 Å². The van der Waals surface area contributed by atoms with Crippen molar-refractivity contribution < 1.29 is 29.4 Å². The van der Waals surface area contributed by atoms with E-state index in [-0.39, 0.29) is 23.8 Å². The van der Waals surface area contributed by atoms with Gasteiger partial charge in [-0.2, -0.15) is 5.06 Å². The smallest absolute Gasteiger partial charge is 0.339 e. The number of hydroxylamine groups is 1. The number of carbonyl (C=O) groups excluding carboxylic acids is 1. The number of carboxylic acids is 1. The van der Waals surface area contributed by atoms with Crippen LogP contribution in [0.2, 0.25) is 0 Å². The van der Waals surface area contributed by atoms with E-state index in [4.69, 9.17) is 9.57 Å². The molecule has 2 N–H and O–H groups in total. The van der Waals surface area contributed by atoms with Gasteiger partial charge >= 0.3 is 5.97 Å². The zero-order valence-corrected chi connectivity index (χ0v) is 19.2. The molecule has 1 aliphatic heterocycles. The van der Waals surface area contributed by atoms with Crippen molar-refractivity contribution in [1.82, 2.24) is 0 Å². The molecule has 1 aliphatic rings. The molecule has 8 nitrogen and oxygen atoms in total. The van der Waals surface area contributed by atoms with Crippen molar-refractivity contribution in [3.63, 3.8) is 0 Å². The summed E-state index contributed by atoms with van der Waals surface area (Å²) < 4.78 is 6.08. The Morgan fingerprint density at radius 2 is 1.79 bits per heavy atom. The summed E-state index contributed by atoms with van der Waals surface area (Å²) in [6.07, 6.45) is -0.363. The van der Waals surface area contributed by atoms with E-state index < -0.39 is 17.6 Å². The predicted octanol–water partition coefficient (Wildman–Crippen LogP) is 4.18. The van der Waals surface area contributed by atoms with Crippen LogP contribution in [0.5, 0.6) is 11.5 Å². The summed E-state index contributed by atoms with van der Waals surface area (Å²) in [5.74, 6) is -1.39. The second kappa shape index (κ2) is 9.44. The van der Waals surface area contributed by atoms with Crippen LogP contribution in [0.4, 0.5) is 11.4 Å². The van der Waals surface area contributed by atoms with Crippen molar-refractivity contribution in [2.45, 2.75) is 20.0 Å². The molecule has 3 aromatic rings. The van der Waals surface area contributed by atoms with Gasteiger partial charge in [0.2, 0.25) is 0 Å². The van der Waals surface area contributed by atoms with Crippen LogP contribution in [-0.4, -0.2) is 48.4 Å². The van der Waals surface area contributed by atoms with Crippen molar-refractivity contribution in [3.8, 4) is 11.5 Å². The molecule has 0 radical (unpaired) electrons. The highest BCUT2D eigenvalue weighted by molar-refractivity contribution is 6.06. The Morgan fingerprint density at radius 3 is 2.50 bits per heavy atom. The SMILES string of the molecule is Cc1cc(C(=O)O)c(O)c(C)c1N(OC[C@@H]1CN(C)c2ccccc2O1)C(=O)c1ccccc1. The number of likely N-dealkylation sites (N-methyl/N-ethyl adjacent to an activating group) is 1. The number of phenols is 1.